The molecule has 2 aromatic heterocycles. The van der Waals surface area contributed by atoms with E-state index in [1.807, 2.05) is 32.0 Å². The van der Waals surface area contributed by atoms with Crippen molar-refractivity contribution in [2.75, 3.05) is 5.32 Å². The first-order valence-corrected chi connectivity index (χ1v) is 10.0. The molecule has 0 unspecified atom stereocenters. The monoisotopic (exact) mass is 404 g/mol. The van der Waals surface area contributed by atoms with Gasteiger partial charge in [0.15, 0.2) is 0 Å². The van der Waals surface area contributed by atoms with E-state index in [0.717, 1.165) is 47.0 Å². The average molecular weight is 404 g/mol. The fraction of sp³-hybridized carbons (Fsp3) is 0.304. The summed E-state index contributed by atoms with van der Waals surface area (Å²) in [6.45, 7) is 3.80. The number of amides is 3. The number of aryl methyl sites for hydroxylation is 3. The molecule has 30 heavy (non-hydrogen) atoms. The van der Waals surface area contributed by atoms with Crippen LogP contribution >= 0.6 is 0 Å². The molecule has 1 fully saturated rings. The summed E-state index contributed by atoms with van der Waals surface area (Å²) in [5.41, 5.74) is 4.20. The van der Waals surface area contributed by atoms with Crippen LogP contribution in [0.5, 0.6) is 0 Å². The topological polar surface area (TPSA) is 93.1 Å². The molecule has 4 rings (SSSR count). The number of carbonyl (C=O) groups is 2. The van der Waals surface area contributed by atoms with Crippen LogP contribution in [0.25, 0.3) is 22.0 Å². The maximum absolute atomic E-state index is 13.0. The highest BCUT2D eigenvalue weighted by Gasteiger charge is 2.26. The normalized spacial score (nSPS) is 13.7. The molecular formula is C23H24N4O3. The number of pyridine rings is 2. The van der Waals surface area contributed by atoms with Crippen LogP contribution in [0.2, 0.25) is 0 Å². The number of urea groups is 1. The molecule has 154 valence electrons. The molecule has 0 spiro atoms. The van der Waals surface area contributed by atoms with Crippen LogP contribution in [0.15, 0.2) is 41.3 Å². The van der Waals surface area contributed by atoms with Gasteiger partial charge in [-0.15, -0.1) is 0 Å². The molecule has 0 saturated heterocycles. The fourth-order valence-electron chi connectivity index (χ4n) is 3.69. The number of imide groups is 1. The van der Waals surface area contributed by atoms with E-state index in [1.165, 1.54) is 0 Å². The number of nitrogens with zero attached hydrogens (tertiary/aromatic N) is 2. The Balaban J connectivity index is 1.66. The molecule has 1 saturated carbocycles. The number of fused-ring (bicyclic) bond motifs is 1. The summed E-state index contributed by atoms with van der Waals surface area (Å²) >= 11 is 0. The molecule has 0 atom stereocenters. The van der Waals surface area contributed by atoms with Gasteiger partial charge in [-0.1, -0.05) is 12.5 Å². The first-order chi connectivity index (χ1) is 14.3. The number of anilines is 1. The molecule has 7 heteroatoms. The van der Waals surface area contributed by atoms with Crippen molar-refractivity contribution in [3.05, 3.63) is 58.1 Å². The maximum atomic E-state index is 13.0. The zero-order valence-electron chi connectivity index (χ0n) is 17.3. The molecule has 3 aromatic rings. The molecule has 0 bridgehead atoms. The smallest absolute Gasteiger partial charge is 0.311 e. The lowest BCUT2D eigenvalue weighted by Crippen LogP contribution is -2.40. The maximum Gasteiger partial charge on any atom is 0.325 e. The Bertz CT molecular complexity index is 1230. The van der Waals surface area contributed by atoms with Gasteiger partial charge in [0, 0.05) is 41.5 Å². The van der Waals surface area contributed by atoms with E-state index in [1.54, 1.807) is 29.9 Å². The highest BCUT2D eigenvalue weighted by atomic mass is 16.2. The molecule has 1 aromatic carbocycles. The molecule has 3 amide bonds. The Labute approximate surface area is 174 Å². The van der Waals surface area contributed by atoms with Crippen molar-refractivity contribution in [2.24, 2.45) is 13.0 Å². The second kappa shape index (κ2) is 7.74. The molecule has 2 heterocycles. The van der Waals surface area contributed by atoms with Gasteiger partial charge in [-0.3, -0.25) is 19.9 Å². The van der Waals surface area contributed by atoms with Gasteiger partial charge in [-0.2, -0.15) is 0 Å². The van der Waals surface area contributed by atoms with Crippen LogP contribution in [0.1, 0.15) is 30.5 Å². The average Bonchev–Trinajstić information content (AvgIpc) is 2.65. The Morgan fingerprint density at radius 3 is 2.57 bits per heavy atom. The number of hydrogen-bond acceptors (Lipinski definition) is 4. The molecule has 0 aliphatic heterocycles. The standard InChI is InChI=1S/C23H24N4O3/c1-13-7-8-17(25-23(30)26-21(28)15-5-4-6-15)11-18(13)19-10-16-12-24-14(2)9-20(16)27(3)22(19)29/h7-12,15H,4-6H2,1-3H3,(H2,25,26,28,30). The second-order valence-corrected chi connectivity index (χ2v) is 7.91. The van der Waals surface area contributed by atoms with Crippen LogP contribution in [-0.4, -0.2) is 21.5 Å². The third-order valence-corrected chi connectivity index (χ3v) is 5.74. The van der Waals surface area contributed by atoms with Gasteiger partial charge in [-0.25, -0.2) is 4.79 Å². The Kier molecular flexibility index (Phi) is 5.11. The molecular weight excluding hydrogens is 380 g/mol. The van der Waals surface area contributed by atoms with Gasteiger partial charge in [0.05, 0.1) is 5.52 Å². The number of aromatic nitrogens is 2. The third-order valence-electron chi connectivity index (χ3n) is 5.74. The third kappa shape index (κ3) is 3.70. The van der Waals surface area contributed by atoms with Crippen molar-refractivity contribution in [1.82, 2.24) is 14.9 Å². The van der Waals surface area contributed by atoms with Crippen LogP contribution in [0, 0.1) is 19.8 Å². The summed E-state index contributed by atoms with van der Waals surface area (Å²) in [5.74, 6) is -0.306. The summed E-state index contributed by atoms with van der Waals surface area (Å²) in [6, 6.07) is 8.50. The summed E-state index contributed by atoms with van der Waals surface area (Å²) in [5, 5.41) is 5.95. The second-order valence-electron chi connectivity index (χ2n) is 7.91. The lowest BCUT2D eigenvalue weighted by Gasteiger charge is -2.23. The van der Waals surface area contributed by atoms with Crippen molar-refractivity contribution in [3.63, 3.8) is 0 Å². The van der Waals surface area contributed by atoms with E-state index in [9.17, 15) is 14.4 Å². The molecule has 1 aliphatic rings. The quantitative estimate of drug-likeness (QED) is 0.697. The van der Waals surface area contributed by atoms with Crippen molar-refractivity contribution < 1.29 is 9.59 Å². The Morgan fingerprint density at radius 2 is 1.87 bits per heavy atom. The molecule has 1 aliphatic carbocycles. The van der Waals surface area contributed by atoms with E-state index >= 15 is 0 Å². The van der Waals surface area contributed by atoms with Gasteiger partial charge in [-0.05, 0) is 62.1 Å². The van der Waals surface area contributed by atoms with Crippen LogP contribution < -0.4 is 16.2 Å². The first kappa shape index (κ1) is 19.8. The van der Waals surface area contributed by atoms with Crippen molar-refractivity contribution in [3.8, 4) is 11.1 Å². The lowest BCUT2D eigenvalue weighted by molar-refractivity contribution is -0.126. The van der Waals surface area contributed by atoms with Crippen LogP contribution in [0.3, 0.4) is 0 Å². The molecule has 0 radical (unpaired) electrons. The highest BCUT2D eigenvalue weighted by molar-refractivity contribution is 6.02. The van der Waals surface area contributed by atoms with Gasteiger partial charge in [0.25, 0.3) is 5.56 Å². The minimum Gasteiger partial charge on any atom is -0.311 e. The Morgan fingerprint density at radius 1 is 1.10 bits per heavy atom. The molecule has 7 nitrogen and oxygen atoms in total. The van der Waals surface area contributed by atoms with E-state index in [4.69, 9.17) is 0 Å². The lowest BCUT2D eigenvalue weighted by atomic mass is 9.85. The minimum absolute atomic E-state index is 0.0674. The van der Waals surface area contributed by atoms with Gasteiger partial charge in [0.1, 0.15) is 0 Å². The summed E-state index contributed by atoms with van der Waals surface area (Å²) in [4.78, 5) is 41.6. The number of hydrogen-bond donors (Lipinski definition) is 2. The van der Waals surface area contributed by atoms with E-state index in [-0.39, 0.29) is 17.4 Å². The number of benzene rings is 1. The largest absolute Gasteiger partial charge is 0.325 e. The van der Waals surface area contributed by atoms with Crippen molar-refractivity contribution in [2.45, 2.75) is 33.1 Å². The van der Waals surface area contributed by atoms with E-state index < -0.39 is 6.03 Å². The Hall–Kier alpha value is -3.48. The predicted octanol–water partition coefficient (Wildman–Crippen LogP) is 3.67. The minimum atomic E-state index is -0.562. The van der Waals surface area contributed by atoms with Gasteiger partial charge in [0.2, 0.25) is 5.91 Å². The van der Waals surface area contributed by atoms with E-state index in [2.05, 4.69) is 15.6 Å². The first-order valence-electron chi connectivity index (χ1n) is 10.0. The summed E-state index contributed by atoms with van der Waals surface area (Å²) in [7, 11) is 1.74. The van der Waals surface area contributed by atoms with E-state index in [0.29, 0.717) is 11.3 Å². The van der Waals surface area contributed by atoms with Crippen molar-refractivity contribution >= 4 is 28.5 Å². The summed E-state index contributed by atoms with van der Waals surface area (Å²) < 4.78 is 1.61. The number of nitrogens with one attached hydrogen (secondary N) is 2. The zero-order valence-corrected chi connectivity index (χ0v) is 17.3. The van der Waals surface area contributed by atoms with Crippen LogP contribution in [0.4, 0.5) is 10.5 Å². The fourth-order valence-corrected chi connectivity index (χ4v) is 3.69. The van der Waals surface area contributed by atoms with Crippen LogP contribution in [-0.2, 0) is 11.8 Å². The van der Waals surface area contributed by atoms with Gasteiger partial charge >= 0.3 is 6.03 Å². The number of carbonyl (C=O) groups excluding carboxylic acids is 2. The molecule has 2 N–H and O–H groups in total. The number of rotatable bonds is 3. The van der Waals surface area contributed by atoms with Gasteiger partial charge < -0.3 is 9.88 Å². The van der Waals surface area contributed by atoms with Crippen molar-refractivity contribution in [1.29, 1.82) is 0 Å². The SMILES string of the molecule is Cc1cc2c(cn1)cc(-c1cc(NC(=O)NC(=O)C3CCC3)ccc1C)c(=O)n2C. The summed E-state index contributed by atoms with van der Waals surface area (Å²) in [6.07, 6.45) is 4.43. The zero-order chi connectivity index (χ0) is 21.4. The highest BCUT2D eigenvalue weighted by Crippen LogP contribution is 2.28. The predicted molar refractivity (Wildman–Crippen MR) is 116 cm³/mol.